The van der Waals surface area contributed by atoms with Crippen LogP contribution in [0.15, 0.2) is 53.1 Å². The predicted octanol–water partition coefficient (Wildman–Crippen LogP) is 3.91. The Morgan fingerprint density at radius 1 is 1.18 bits per heavy atom. The molecule has 2 nitrogen and oxygen atoms in total. The third-order valence-corrected chi connectivity index (χ3v) is 2.99. The van der Waals surface area contributed by atoms with Crippen molar-refractivity contribution in [3.05, 3.63) is 64.4 Å². The summed E-state index contributed by atoms with van der Waals surface area (Å²) in [4.78, 5) is 4.17. The zero-order valence-corrected chi connectivity index (χ0v) is 10.6. The molecular weight excluding hydrogens is 276 g/mol. The van der Waals surface area contributed by atoms with Crippen LogP contribution in [-0.2, 0) is 0 Å². The molecule has 0 amide bonds. The van der Waals surface area contributed by atoms with E-state index in [2.05, 4.69) is 27.0 Å². The molecule has 0 aliphatic carbocycles. The van der Waals surface area contributed by atoms with Gasteiger partial charge >= 0.3 is 0 Å². The third kappa shape index (κ3) is 2.80. The average Bonchev–Trinajstić information content (AvgIpc) is 2.39. The van der Waals surface area contributed by atoms with E-state index in [1.807, 2.05) is 48.5 Å². The van der Waals surface area contributed by atoms with Crippen molar-refractivity contribution in [2.24, 2.45) is 0 Å². The number of halogens is 1. The topological polar surface area (TPSA) is 36.7 Å². The summed E-state index contributed by atoms with van der Waals surface area (Å²) in [5, 5.41) is 9.16. The van der Waals surface area contributed by atoms with Crippen LogP contribution in [-0.4, -0.2) is 4.98 Å². The quantitative estimate of drug-likeness (QED) is 0.784. The maximum atomic E-state index is 9.16. The normalized spacial score (nSPS) is 10.9. The Labute approximate surface area is 108 Å². The number of pyridine rings is 1. The van der Waals surface area contributed by atoms with Gasteiger partial charge in [0.15, 0.2) is 0 Å². The summed E-state index contributed by atoms with van der Waals surface area (Å²) in [5.41, 5.74) is 2.21. The van der Waals surface area contributed by atoms with Gasteiger partial charge in [-0.3, -0.25) is 4.98 Å². The average molecular weight is 285 g/mol. The summed E-state index contributed by atoms with van der Waals surface area (Å²) >= 11 is 3.45. The highest BCUT2D eigenvalue weighted by Crippen LogP contribution is 2.21. The largest absolute Gasteiger partial charge is 0.256 e. The second-order valence-corrected chi connectivity index (χ2v) is 4.26. The number of hydrogen-bond acceptors (Lipinski definition) is 2. The lowest BCUT2D eigenvalue weighted by atomic mass is 10.1. The molecule has 0 unspecified atom stereocenters. The van der Waals surface area contributed by atoms with Crippen LogP contribution in [0.4, 0.5) is 0 Å². The molecule has 0 bridgehead atoms. The first-order chi connectivity index (χ1) is 8.31. The Kier molecular flexibility index (Phi) is 3.69. The Bertz CT molecular complexity index is 583. The Morgan fingerprint density at radius 2 is 1.94 bits per heavy atom. The van der Waals surface area contributed by atoms with E-state index >= 15 is 0 Å². The summed E-state index contributed by atoms with van der Waals surface area (Å²) in [6, 6.07) is 15.5. The third-order valence-electron chi connectivity index (χ3n) is 2.27. The van der Waals surface area contributed by atoms with E-state index in [1.54, 1.807) is 6.20 Å². The van der Waals surface area contributed by atoms with Crippen LogP contribution in [0.25, 0.3) is 11.6 Å². The van der Waals surface area contributed by atoms with Gasteiger partial charge in [0.1, 0.15) is 6.07 Å². The highest BCUT2D eigenvalue weighted by Gasteiger charge is 2.02. The van der Waals surface area contributed by atoms with Crippen LogP contribution in [0.5, 0.6) is 0 Å². The van der Waals surface area contributed by atoms with Crippen LogP contribution in [0.2, 0.25) is 0 Å². The Balaban J connectivity index is 2.45. The number of hydrogen-bond donors (Lipinski definition) is 0. The fourth-order valence-electron chi connectivity index (χ4n) is 1.43. The van der Waals surface area contributed by atoms with Gasteiger partial charge in [0.05, 0.1) is 11.3 Å². The van der Waals surface area contributed by atoms with Gasteiger partial charge in [-0.2, -0.15) is 5.26 Å². The molecule has 1 heterocycles. The number of aromatic nitrogens is 1. The molecule has 0 N–H and O–H groups in total. The molecule has 3 heteroatoms. The van der Waals surface area contributed by atoms with Crippen molar-refractivity contribution < 1.29 is 0 Å². The highest BCUT2D eigenvalue weighted by molar-refractivity contribution is 9.10. The van der Waals surface area contributed by atoms with Crippen molar-refractivity contribution in [3.63, 3.8) is 0 Å². The fraction of sp³-hybridized carbons (Fsp3) is 0. The van der Waals surface area contributed by atoms with E-state index in [9.17, 15) is 0 Å². The predicted molar refractivity (Wildman–Crippen MR) is 71.9 cm³/mol. The molecule has 2 rings (SSSR count). The van der Waals surface area contributed by atoms with Crippen LogP contribution in [0, 0.1) is 11.3 Å². The van der Waals surface area contributed by atoms with Gasteiger partial charge in [0, 0.05) is 10.7 Å². The van der Waals surface area contributed by atoms with Crippen molar-refractivity contribution in [1.29, 1.82) is 5.26 Å². The van der Waals surface area contributed by atoms with Crippen molar-refractivity contribution in [3.8, 4) is 6.07 Å². The van der Waals surface area contributed by atoms with Gasteiger partial charge in [-0.15, -0.1) is 0 Å². The zero-order valence-electron chi connectivity index (χ0n) is 8.97. The second kappa shape index (κ2) is 5.42. The second-order valence-electron chi connectivity index (χ2n) is 3.41. The van der Waals surface area contributed by atoms with E-state index < -0.39 is 0 Å². The molecule has 0 saturated carbocycles. The van der Waals surface area contributed by atoms with E-state index in [0.29, 0.717) is 11.3 Å². The standard InChI is InChI=1S/C14H9BrN2/c15-13-6-2-1-5-11(13)9-12(10-16)14-7-3-4-8-17-14/h1-9H. The van der Waals surface area contributed by atoms with Gasteiger partial charge in [0.2, 0.25) is 0 Å². The molecule has 82 valence electrons. The first-order valence-electron chi connectivity index (χ1n) is 5.09. The van der Waals surface area contributed by atoms with Crippen LogP contribution < -0.4 is 0 Å². The van der Waals surface area contributed by atoms with E-state index in [-0.39, 0.29) is 0 Å². The number of rotatable bonds is 2. The molecule has 1 aromatic heterocycles. The molecular formula is C14H9BrN2. The zero-order chi connectivity index (χ0) is 12.1. The van der Waals surface area contributed by atoms with Gasteiger partial charge in [-0.05, 0) is 29.8 Å². The Hall–Kier alpha value is -1.92. The minimum Gasteiger partial charge on any atom is -0.256 e. The molecule has 17 heavy (non-hydrogen) atoms. The van der Waals surface area contributed by atoms with Crippen molar-refractivity contribution >= 4 is 27.6 Å². The van der Waals surface area contributed by atoms with Gasteiger partial charge in [-0.25, -0.2) is 0 Å². The summed E-state index contributed by atoms with van der Waals surface area (Å²) < 4.78 is 0.962. The molecule has 0 saturated heterocycles. The van der Waals surface area contributed by atoms with E-state index in [0.717, 1.165) is 10.0 Å². The molecule has 0 aliphatic heterocycles. The van der Waals surface area contributed by atoms with E-state index in [4.69, 9.17) is 5.26 Å². The minimum atomic E-state index is 0.553. The van der Waals surface area contributed by atoms with E-state index in [1.165, 1.54) is 0 Å². The maximum Gasteiger partial charge on any atom is 0.101 e. The molecule has 0 aliphatic rings. The van der Waals surface area contributed by atoms with Gasteiger partial charge in [-0.1, -0.05) is 40.2 Å². The van der Waals surface area contributed by atoms with Gasteiger partial charge in [0.25, 0.3) is 0 Å². The number of nitriles is 1. The minimum absolute atomic E-state index is 0.553. The maximum absolute atomic E-state index is 9.16. The molecule has 1 aromatic carbocycles. The first kappa shape index (κ1) is 11.6. The number of benzene rings is 1. The molecule has 0 radical (unpaired) electrons. The summed E-state index contributed by atoms with van der Waals surface area (Å²) in [6.45, 7) is 0. The smallest absolute Gasteiger partial charge is 0.101 e. The lowest BCUT2D eigenvalue weighted by Crippen LogP contribution is -1.86. The number of allylic oxidation sites excluding steroid dienone is 1. The molecule has 0 spiro atoms. The number of nitrogens with zero attached hydrogens (tertiary/aromatic N) is 2. The Morgan fingerprint density at radius 3 is 2.59 bits per heavy atom. The summed E-state index contributed by atoms with van der Waals surface area (Å²) in [7, 11) is 0. The van der Waals surface area contributed by atoms with Crippen LogP contribution >= 0.6 is 15.9 Å². The van der Waals surface area contributed by atoms with Crippen LogP contribution in [0.1, 0.15) is 11.3 Å². The monoisotopic (exact) mass is 284 g/mol. The fourth-order valence-corrected chi connectivity index (χ4v) is 1.83. The lowest BCUT2D eigenvalue weighted by Gasteiger charge is -2.00. The SMILES string of the molecule is N#CC(=Cc1ccccc1Br)c1ccccn1. The first-order valence-corrected chi connectivity index (χ1v) is 5.88. The van der Waals surface area contributed by atoms with Crippen molar-refractivity contribution in [2.75, 3.05) is 0 Å². The van der Waals surface area contributed by atoms with Crippen molar-refractivity contribution in [1.82, 2.24) is 4.98 Å². The summed E-state index contributed by atoms with van der Waals surface area (Å²) in [5.74, 6) is 0. The lowest BCUT2D eigenvalue weighted by molar-refractivity contribution is 1.28. The summed E-state index contributed by atoms with van der Waals surface area (Å²) in [6.07, 6.45) is 3.51. The van der Waals surface area contributed by atoms with Crippen molar-refractivity contribution in [2.45, 2.75) is 0 Å². The molecule has 0 atom stereocenters. The van der Waals surface area contributed by atoms with Crippen LogP contribution in [0.3, 0.4) is 0 Å². The molecule has 2 aromatic rings. The highest BCUT2D eigenvalue weighted by atomic mass is 79.9. The molecule has 0 fully saturated rings. The van der Waals surface area contributed by atoms with Gasteiger partial charge < -0.3 is 0 Å².